The first kappa shape index (κ1) is 15.3. The number of hydrogen-bond acceptors (Lipinski definition) is 5. The van der Waals surface area contributed by atoms with Gasteiger partial charge in [0.25, 0.3) is 0 Å². The van der Waals surface area contributed by atoms with Gasteiger partial charge in [0.2, 0.25) is 0 Å². The van der Waals surface area contributed by atoms with Gasteiger partial charge >= 0.3 is 6.03 Å². The Bertz CT molecular complexity index is 491. The lowest BCUT2D eigenvalue weighted by atomic mass is 10.1. The van der Waals surface area contributed by atoms with E-state index in [2.05, 4.69) is 15.4 Å². The normalized spacial score (nSPS) is 23.0. The van der Waals surface area contributed by atoms with E-state index < -0.39 is 0 Å². The fraction of sp³-hybridized carbons (Fsp3) is 0.733. The molecule has 1 N–H and O–H groups in total. The molecule has 7 nitrogen and oxygen atoms in total. The van der Waals surface area contributed by atoms with Gasteiger partial charge in [-0.25, -0.2) is 4.79 Å². The van der Waals surface area contributed by atoms with Crippen LogP contribution in [0.15, 0.2) is 10.6 Å². The average Bonchev–Trinajstić information content (AvgIpc) is 3.17. The fourth-order valence-electron chi connectivity index (χ4n) is 2.92. The lowest BCUT2D eigenvalue weighted by molar-refractivity contribution is 0.132. The second-order valence-corrected chi connectivity index (χ2v) is 6.11. The lowest BCUT2D eigenvalue weighted by Gasteiger charge is -2.34. The topological polar surface area (TPSA) is 70.8 Å². The van der Waals surface area contributed by atoms with Gasteiger partial charge < -0.3 is 19.5 Å². The van der Waals surface area contributed by atoms with Crippen molar-refractivity contribution in [2.45, 2.75) is 19.9 Å². The van der Waals surface area contributed by atoms with E-state index in [4.69, 9.17) is 9.26 Å². The first-order valence-corrected chi connectivity index (χ1v) is 7.96. The molecule has 2 aliphatic heterocycles. The number of aromatic nitrogens is 1. The van der Waals surface area contributed by atoms with Crippen LogP contribution in [-0.4, -0.2) is 66.9 Å². The largest absolute Gasteiger partial charge is 0.381 e. The van der Waals surface area contributed by atoms with E-state index in [1.54, 1.807) is 0 Å². The van der Waals surface area contributed by atoms with Crippen LogP contribution in [0, 0.1) is 12.8 Å². The minimum Gasteiger partial charge on any atom is -0.381 e. The molecule has 7 heteroatoms. The third kappa shape index (κ3) is 3.98. The molecule has 1 aromatic rings. The van der Waals surface area contributed by atoms with Gasteiger partial charge in [0.05, 0.1) is 12.3 Å². The number of aryl methyl sites for hydroxylation is 1. The van der Waals surface area contributed by atoms with E-state index in [-0.39, 0.29) is 6.03 Å². The van der Waals surface area contributed by atoms with Crippen LogP contribution in [0.1, 0.15) is 17.9 Å². The van der Waals surface area contributed by atoms with Gasteiger partial charge in [0.1, 0.15) is 5.76 Å². The summed E-state index contributed by atoms with van der Waals surface area (Å²) in [6.07, 6.45) is 1.05. The van der Waals surface area contributed by atoms with Gasteiger partial charge in [-0.05, 0) is 13.3 Å². The van der Waals surface area contributed by atoms with E-state index in [1.165, 1.54) is 0 Å². The summed E-state index contributed by atoms with van der Waals surface area (Å²) in [7, 11) is 0. The molecule has 2 fully saturated rings. The molecule has 0 bridgehead atoms. The second-order valence-electron chi connectivity index (χ2n) is 6.11. The molecule has 0 aliphatic carbocycles. The van der Waals surface area contributed by atoms with Crippen LogP contribution >= 0.6 is 0 Å². The van der Waals surface area contributed by atoms with Crippen LogP contribution in [-0.2, 0) is 11.3 Å². The highest BCUT2D eigenvalue weighted by molar-refractivity contribution is 5.74. The fourth-order valence-corrected chi connectivity index (χ4v) is 2.92. The molecule has 22 heavy (non-hydrogen) atoms. The quantitative estimate of drug-likeness (QED) is 0.893. The maximum atomic E-state index is 12.2. The van der Waals surface area contributed by atoms with E-state index in [1.807, 2.05) is 17.9 Å². The molecule has 122 valence electrons. The van der Waals surface area contributed by atoms with Crippen molar-refractivity contribution in [1.29, 1.82) is 0 Å². The van der Waals surface area contributed by atoms with Crippen LogP contribution in [0.25, 0.3) is 0 Å². The smallest absolute Gasteiger partial charge is 0.317 e. The van der Waals surface area contributed by atoms with Crippen LogP contribution in [0.3, 0.4) is 0 Å². The molecule has 0 aromatic carbocycles. The Morgan fingerprint density at radius 3 is 2.86 bits per heavy atom. The van der Waals surface area contributed by atoms with Crippen molar-refractivity contribution in [1.82, 2.24) is 20.3 Å². The number of rotatable bonds is 4. The van der Waals surface area contributed by atoms with Crippen molar-refractivity contribution >= 4 is 6.03 Å². The van der Waals surface area contributed by atoms with Crippen molar-refractivity contribution in [3.63, 3.8) is 0 Å². The monoisotopic (exact) mass is 308 g/mol. The number of nitrogens with one attached hydrogen (secondary N) is 1. The average molecular weight is 308 g/mol. The van der Waals surface area contributed by atoms with Gasteiger partial charge in [-0.15, -0.1) is 0 Å². The predicted octanol–water partition coefficient (Wildman–Crippen LogP) is 0.847. The molecule has 2 amide bonds. The molecule has 3 rings (SSSR count). The predicted molar refractivity (Wildman–Crippen MR) is 80.4 cm³/mol. The molecular formula is C15H24N4O3. The number of hydrogen-bond donors (Lipinski definition) is 1. The Labute approximate surface area is 130 Å². The first-order chi connectivity index (χ1) is 10.7. The van der Waals surface area contributed by atoms with Gasteiger partial charge in [-0.3, -0.25) is 4.90 Å². The van der Waals surface area contributed by atoms with Gasteiger partial charge in [-0.1, -0.05) is 5.16 Å². The van der Waals surface area contributed by atoms with Gasteiger partial charge in [-0.2, -0.15) is 0 Å². The number of amides is 2. The molecule has 2 saturated heterocycles. The van der Waals surface area contributed by atoms with Gasteiger partial charge in [0, 0.05) is 57.9 Å². The van der Waals surface area contributed by atoms with E-state index in [9.17, 15) is 4.79 Å². The number of nitrogens with zero attached hydrogens (tertiary/aromatic N) is 3. The number of urea groups is 1. The SMILES string of the molecule is Cc1cc(CN2CCN(C(=O)NC[C@@H]3CCOC3)CC2)no1. The summed E-state index contributed by atoms with van der Waals surface area (Å²) < 4.78 is 10.4. The highest BCUT2D eigenvalue weighted by atomic mass is 16.5. The van der Waals surface area contributed by atoms with E-state index >= 15 is 0 Å². The number of carbonyl (C=O) groups excluding carboxylic acids is 1. The van der Waals surface area contributed by atoms with Gasteiger partial charge in [0.15, 0.2) is 0 Å². The van der Waals surface area contributed by atoms with Crippen molar-refractivity contribution in [3.8, 4) is 0 Å². The summed E-state index contributed by atoms with van der Waals surface area (Å²) >= 11 is 0. The summed E-state index contributed by atoms with van der Waals surface area (Å²) in [5.74, 6) is 1.31. The molecular weight excluding hydrogens is 284 g/mol. The highest BCUT2D eigenvalue weighted by Gasteiger charge is 2.23. The Balaban J connectivity index is 1.38. The summed E-state index contributed by atoms with van der Waals surface area (Å²) in [5, 5.41) is 7.04. The summed E-state index contributed by atoms with van der Waals surface area (Å²) in [6.45, 7) is 8.23. The molecule has 0 unspecified atom stereocenters. The van der Waals surface area contributed by atoms with Crippen molar-refractivity contribution < 1.29 is 14.1 Å². The maximum Gasteiger partial charge on any atom is 0.317 e. The summed E-state index contributed by atoms with van der Waals surface area (Å²) in [4.78, 5) is 16.3. The Morgan fingerprint density at radius 1 is 1.41 bits per heavy atom. The summed E-state index contributed by atoms with van der Waals surface area (Å²) in [5.41, 5.74) is 0.955. The zero-order chi connectivity index (χ0) is 15.4. The third-order valence-corrected chi connectivity index (χ3v) is 4.29. The highest BCUT2D eigenvalue weighted by Crippen LogP contribution is 2.12. The van der Waals surface area contributed by atoms with Crippen LogP contribution < -0.4 is 5.32 Å². The van der Waals surface area contributed by atoms with E-state index in [0.717, 1.165) is 70.4 Å². The Kier molecular flexibility index (Phi) is 4.94. The standard InChI is InChI=1S/C15H24N4O3/c1-12-8-14(17-22-12)10-18-3-5-19(6-4-18)15(20)16-9-13-2-7-21-11-13/h8,13H,2-7,9-11H2,1H3,(H,16,20)/t13-/m0/s1. The minimum absolute atomic E-state index is 0.0452. The minimum atomic E-state index is 0.0452. The zero-order valence-electron chi connectivity index (χ0n) is 13.1. The second kappa shape index (κ2) is 7.11. The van der Waals surface area contributed by atoms with Crippen LogP contribution in [0.2, 0.25) is 0 Å². The first-order valence-electron chi connectivity index (χ1n) is 7.96. The van der Waals surface area contributed by atoms with Crippen LogP contribution in [0.5, 0.6) is 0 Å². The number of piperazine rings is 1. The van der Waals surface area contributed by atoms with Crippen LogP contribution in [0.4, 0.5) is 4.79 Å². The number of carbonyl (C=O) groups is 1. The van der Waals surface area contributed by atoms with Crippen molar-refractivity contribution in [3.05, 3.63) is 17.5 Å². The molecule has 0 saturated carbocycles. The lowest BCUT2D eigenvalue weighted by Crippen LogP contribution is -2.52. The third-order valence-electron chi connectivity index (χ3n) is 4.29. The van der Waals surface area contributed by atoms with Crippen molar-refractivity contribution in [2.24, 2.45) is 5.92 Å². The van der Waals surface area contributed by atoms with Crippen molar-refractivity contribution in [2.75, 3.05) is 45.9 Å². The Hall–Kier alpha value is -1.60. The molecule has 0 spiro atoms. The zero-order valence-corrected chi connectivity index (χ0v) is 13.1. The molecule has 1 aromatic heterocycles. The Morgan fingerprint density at radius 2 is 2.23 bits per heavy atom. The molecule has 1 atom stereocenters. The maximum absolute atomic E-state index is 12.2. The van der Waals surface area contributed by atoms with E-state index in [0.29, 0.717) is 5.92 Å². The molecule has 2 aliphatic rings. The number of ether oxygens (including phenoxy) is 1. The summed E-state index contributed by atoms with van der Waals surface area (Å²) in [6, 6.07) is 2.01. The molecule has 3 heterocycles. The molecule has 0 radical (unpaired) electrons.